The summed E-state index contributed by atoms with van der Waals surface area (Å²) in [5, 5.41) is 0. The first kappa shape index (κ1) is 15.9. The van der Waals surface area contributed by atoms with Crippen LogP contribution in [-0.4, -0.2) is 18.6 Å². The number of Topliss-reactive ketones (excluding diaryl/α,β-unsaturated/α-hetero) is 1. The number of carbonyl (C=O) groups excluding carboxylic acids is 1. The smallest absolute Gasteiger partial charge is 0.392 e. The molecule has 1 fully saturated rings. The predicted octanol–water partition coefficient (Wildman–Crippen LogP) is 4.64. The minimum Gasteiger partial charge on any atom is -0.494 e. The summed E-state index contributed by atoms with van der Waals surface area (Å²) in [4.78, 5) is 12.5. The summed E-state index contributed by atoms with van der Waals surface area (Å²) in [5.74, 6) is -2.38. The van der Waals surface area contributed by atoms with Crippen molar-refractivity contribution in [3.05, 3.63) is 29.8 Å². The predicted molar refractivity (Wildman–Crippen MR) is 73.4 cm³/mol. The average Bonchev–Trinajstić information content (AvgIpc) is 2.46. The van der Waals surface area contributed by atoms with Crippen molar-refractivity contribution in [2.75, 3.05) is 6.61 Å². The minimum absolute atomic E-state index is 0.0467. The molecule has 2 atom stereocenters. The number of ether oxygens (including phenoxy) is 1. The molecule has 5 heteroatoms. The van der Waals surface area contributed by atoms with Gasteiger partial charge in [0.2, 0.25) is 0 Å². The lowest BCUT2D eigenvalue weighted by Gasteiger charge is -2.32. The number of ketones is 1. The lowest BCUT2D eigenvalue weighted by Crippen LogP contribution is -2.37. The van der Waals surface area contributed by atoms with E-state index in [1.165, 1.54) is 6.07 Å². The quantitative estimate of drug-likeness (QED) is 0.757. The van der Waals surface area contributed by atoms with E-state index >= 15 is 0 Å². The highest BCUT2D eigenvalue weighted by atomic mass is 19.4. The zero-order chi connectivity index (χ0) is 15.5. The van der Waals surface area contributed by atoms with Gasteiger partial charge >= 0.3 is 6.18 Å². The average molecular weight is 300 g/mol. The summed E-state index contributed by atoms with van der Waals surface area (Å²) in [7, 11) is 0. The summed E-state index contributed by atoms with van der Waals surface area (Å²) >= 11 is 0. The summed E-state index contributed by atoms with van der Waals surface area (Å²) in [6.45, 7) is 2.27. The van der Waals surface area contributed by atoms with Crippen LogP contribution in [0.4, 0.5) is 13.2 Å². The Bertz CT molecular complexity index is 497. The standard InChI is InChI=1S/C16H19F3O2/c1-2-21-12-7-5-6-11(10-12)15(20)13-8-3-4-9-14(13)16(17,18)19/h5-7,10,13-14H,2-4,8-9H2,1H3. The molecule has 0 bridgehead atoms. The van der Waals surface area contributed by atoms with Crippen molar-refractivity contribution in [3.63, 3.8) is 0 Å². The van der Waals surface area contributed by atoms with E-state index in [0.29, 0.717) is 37.2 Å². The molecule has 1 aliphatic carbocycles. The molecule has 2 nitrogen and oxygen atoms in total. The molecule has 116 valence electrons. The fourth-order valence-corrected chi connectivity index (χ4v) is 2.96. The Balaban J connectivity index is 2.22. The van der Waals surface area contributed by atoms with Gasteiger partial charge in [-0.1, -0.05) is 25.0 Å². The van der Waals surface area contributed by atoms with Gasteiger partial charge in [-0.2, -0.15) is 13.2 Å². The zero-order valence-electron chi connectivity index (χ0n) is 12.0. The molecular formula is C16H19F3O2. The Morgan fingerprint density at radius 1 is 1.29 bits per heavy atom. The molecule has 0 aromatic heterocycles. The molecule has 0 heterocycles. The van der Waals surface area contributed by atoms with Gasteiger partial charge in [0.1, 0.15) is 5.75 Å². The number of halogens is 3. The van der Waals surface area contributed by atoms with Crippen molar-refractivity contribution >= 4 is 5.78 Å². The molecule has 1 aromatic rings. The van der Waals surface area contributed by atoms with Gasteiger partial charge in [-0.15, -0.1) is 0 Å². The molecule has 1 aliphatic rings. The van der Waals surface area contributed by atoms with Crippen LogP contribution >= 0.6 is 0 Å². The third kappa shape index (κ3) is 3.77. The van der Waals surface area contributed by atoms with E-state index in [9.17, 15) is 18.0 Å². The SMILES string of the molecule is CCOc1cccc(C(=O)C2CCCCC2C(F)(F)F)c1. The van der Waals surface area contributed by atoms with Crippen LogP contribution in [-0.2, 0) is 0 Å². The van der Waals surface area contributed by atoms with Gasteiger partial charge in [0, 0.05) is 11.5 Å². The van der Waals surface area contributed by atoms with Crippen LogP contribution in [0.25, 0.3) is 0 Å². The van der Waals surface area contributed by atoms with Crippen molar-refractivity contribution in [2.45, 2.75) is 38.8 Å². The topological polar surface area (TPSA) is 26.3 Å². The second-order valence-electron chi connectivity index (χ2n) is 5.36. The van der Waals surface area contributed by atoms with Gasteiger partial charge in [-0.3, -0.25) is 4.79 Å². The van der Waals surface area contributed by atoms with E-state index in [1.807, 2.05) is 6.92 Å². The number of hydrogen-bond donors (Lipinski definition) is 0. The van der Waals surface area contributed by atoms with Crippen molar-refractivity contribution in [2.24, 2.45) is 11.8 Å². The van der Waals surface area contributed by atoms with Crippen LogP contribution in [0.3, 0.4) is 0 Å². The lowest BCUT2D eigenvalue weighted by atomic mass is 9.75. The van der Waals surface area contributed by atoms with Crippen LogP contribution in [0.5, 0.6) is 5.75 Å². The first-order valence-corrected chi connectivity index (χ1v) is 7.27. The Labute approximate surface area is 122 Å². The summed E-state index contributed by atoms with van der Waals surface area (Å²) < 4.78 is 44.6. The molecule has 21 heavy (non-hydrogen) atoms. The van der Waals surface area contributed by atoms with Crippen LogP contribution in [0.1, 0.15) is 43.0 Å². The Morgan fingerprint density at radius 3 is 2.67 bits per heavy atom. The van der Waals surface area contributed by atoms with Crippen molar-refractivity contribution in [3.8, 4) is 5.75 Å². The summed E-state index contributed by atoms with van der Waals surface area (Å²) in [5.41, 5.74) is 0.308. The Hall–Kier alpha value is -1.52. The van der Waals surface area contributed by atoms with E-state index < -0.39 is 23.8 Å². The molecule has 0 N–H and O–H groups in total. The molecular weight excluding hydrogens is 281 g/mol. The van der Waals surface area contributed by atoms with Gasteiger partial charge in [-0.25, -0.2) is 0 Å². The third-order valence-corrected chi connectivity index (χ3v) is 3.95. The molecule has 2 unspecified atom stereocenters. The normalized spacial score (nSPS) is 22.9. The molecule has 0 radical (unpaired) electrons. The molecule has 0 saturated heterocycles. The zero-order valence-corrected chi connectivity index (χ0v) is 12.0. The van der Waals surface area contributed by atoms with Gasteiger partial charge in [0.25, 0.3) is 0 Å². The fourth-order valence-electron chi connectivity index (χ4n) is 2.96. The highest BCUT2D eigenvalue weighted by Gasteiger charge is 2.48. The Kier molecular flexibility index (Phi) is 4.91. The van der Waals surface area contributed by atoms with Gasteiger partial charge in [-0.05, 0) is 31.9 Å². The van der Waals surface area contributed by atoms with E-state index in [1.54, 1.807) is 18.2 Å². The largest absolute Gasteiger partial charge is 0.494 e. The maximum Gasteiger partial charge on any atom is 0.392 e. The highest BCUT2D eigenvalue weighted by molar-refractivity contribution is 5.98. The monoisotopic (exact) mass is 300 g/mol. The van der Waals surface area contributed by atoms with Crippen LogP contribution in [0, 0.1) is 11.8 Å². The maximum absolute atomic E-state index is 13.1. The van der Waals surface area contributed by atoms with Gasteiger partial charge in [0.05, 0.1) is 12.5 Å². The third-order valence-electron chi connectivity index (χ3n) is 3.95. The minimum atomic E-state index is -4.31. The van der Waals surface area contributed by atoms with Gasteiger partial charge in [0.15, 0.2) is 5.78 Å². The maximum atomic E-state index is 13.1. The van der Waals surface area contributed by atoms with E-state index in [-0.39, 0.29) is 6.42 Å². The number of benzene rings is 1. The number of rotatable bonds is 4. The Morgan fingerprint density at radius 2 is 2.00 bits per heavy atom. The molecule has 1 aromatic carbocycles. The number of carbonyl (C=O) groups is 1. The van der Waals surface area contributed by atoms with Crippen LogP contribution in [0.2, 0.25) is 0 Å². The molecule has 0 spiro atoms. The van der Waals surface area contributed by atoms with Crippen molar-refractivity contribution < 1.29 is 22.7 Å². The molecule has 2 rings (SSSR count). The van der Waals surface area contributed by atoms with Gasteiger partial charge < -0.3 is 4.74 Å². The second-order valence-corrected chi connectivity index (χ2v) is 5.36. The molecule has 0 aliphatic heterocycles. The molecule has 0 amide bonds. The summed E-state index contributed by atoms with van der Waals surface area (Å²) in [6, 6.07) is 6.44. The van der Waals surface area contributed by atoms with E-state index in [2.05, 4.69) is 0 Å². The van der Waals surface area contributed by atoms with E-state index in [0.717, 1.165) is 0 Å². The second kappa shape index (κ2) is 6.50. The van der Waals surface area contributed by atoms with Crippen LogP contribution in [0.15, 0.2) is 24.3 Å². The number of hydrogen-bond acceptors (Lipinski definition) is 2. The summed E-state index contributed by atoms with van der Waals surface area (Å²) in [6.07, 6.45) is -2.74. The first-order chi connectivity index (χ1) is 9.93. The highest BCUT2D eigenvalue weighted by Crippen LogP contribution is 2.42. The van der Waals surface area contributed by atoms with Crippen LogP contribution < -0.4 is 4.74 Å². The lowest BCUT2D eigenvalue weighted by molar-refractivity contribution is -0.190. The first-order valence-electron chi connectivity index (χ1n) is 7.27. The van der Waals surface area contributed by atoms with E-state index in [4.69, 9.17) is 4.74 Å². The van der Waals surface area contributed by atoms with Crippen molar-refractivity contribution in [1.29, 1.82) is 0 Å². The van der Waals surface area contributed by atoms with Crippen molar-refractivity contribution in [1.82, 2.24) is 0 Å². The molecule has 1 saturated carbocycles. The fraction of sp³-hybridized carbons (Fsp3) is 0.562. The number of alkyl halides is 3.